The lowest BCUT2D eigenvalue weighted by Gasteiger charge is -2.25. The van der Waals surface area contributed by atoms with Crippen LogP contribution in [0.3, 0.4) is 0 Å². The Morgan fingerprint density at radius 3 is 2.89 bits per heavy atom. The van der Waals surface area contributed by atoms with Crippen LogP contribution >= 0.6 is 0 Å². The summed E-state index contributed by atoms with van der Waals surface area (Å²) in [5, 5.41) is 0. The molecule has 1 unspecified atom stereocenters. The van der Waals surface area contributed by atoms with Gasteiger partial charge in [-0.25, -0.2) is 0 Å². The second kappa shape index (κ2) is 8.64. The molecule has 0 aromatic carbocycles. The summed E-state index contributed by atoms with van der Waals surface area (Å²) < 4.78 is 0. The summed E-state index contributed by atoms with van der Waals surface area (Å²) in [6, 6.07) is 3.90. The van der Waals surface area contributed by atoms with Gasteiger partial charge in [0.2, 0.25) is 5.91 Å². The van der Waals surface area contributed by atoms with Gasteiger partial charge < -0.3 is 10.6 Å². The lowest BCUT2D eigenvalue weighted by atomic mass is 10.0. The van der Waals surface area contributed by atoms with E-state index in [-0.39, 0.29) is 11.8 Å². The smallest absolute Gasteiger partial charge is 0.225 e. The SMILES string of the molecule is CCCC(C)C(=O)N(CCCN)Cc1cccnc1. The fraction of sp³-hybridized carbons (Fsp3) is 0.600. The molecule has 4 nitrogen and oxygen atoms in total. The summed E-state index contributed by atoms with van der Waals surface area (Å²) >= 11 is 0. The summed E-state index contributed by atoms with van der Waals surface area (Å²) in [6.45, 7) is 6.07. The molecular formula is C15H25N3O. The Morgan fingerprint density at radius 1 is 1.53 bits per heavy atom. The van der Waals surface area contributed by atoms with Crippen LogP contribution in [-0.4, -0.2) is 28.9 Å². The Labute approximate surface area is 116 Å². The van der Waals surface area contributed by atoms with Crippen molar-refractivity contribution in [3.8, 4) is 0 Å². The number of rotatable bonds is 8. The first-order valence-corrected chi connectivity index (χ1v) is 7.06. The van der Waals surface area contributed by atoms with Gasteiger partial charge in [0.05, 0.1) is 0 Å². The van der Waals surface area contributed by atoms with E-state index in [2.05, 4.69) is 11.9 Å². The molecule has 0 aliphatic rings. The first-order chi connectivity index (χ1) is 9.19. The highest BCUT2D eigenvalue weighted by atomic mass is 16.2. The number of carbonyl (C=O) groups is 1. The van der Waals surface area contributed by atoms with E-state index in [1.165, 1.54) is 0 Å². The van der Waals surface area contributed by atoms with Crippen LogP contribution in [0.5, 0.6) is 0 Å². The van der Waals surface area contributed by atoms with E-state index in [9.17, 15) is 4.79 Å². The second-order valence-corrected chi connectivity index (χ2v) is 4.95. The lowest BCUT2D eigenvalue weighted by Crippen LogP contribution is -2.36. The number of aromatic nitrogens is 1. The maximum absolute atomic E-state index is 12.4. The predicted molar refractivity (Wildman–Crippen MR) is 77.4 cm³/mol. The monoisotopic (exact) mass is 263 g/mol. The molecule has 0 aliphatic carbocycles. The third-order valence-corrected chi connectivity index (χ3v) is 3.18. The minimum Gasteiger partial charge on any atom is -0.338 e. The first kappa shape index (κ1) is 15.6. The van der Waals surface area contributed by atoms with E-state index in [0.717, 1.165) is 31.4 Å². The molecule has 0 bridgehead atoms. The zero-order valence-corrected chi connectivity index (χ0v) is 12.0. The number of carbonyl (C=O) groups excluding carboxylic acids is 1. The quantitative estimate of drug-likeness (QED) is 0.782. The van der Waals surface area contributed by atoms with Gasteiger partial charge >= 0.3 is 0 Å². The van der Waals surface area contributed by atoms with Crippen LogP contribution in [0.2, 0.25) is 0 Å². The van der Waals surface area contributed by atoms with Gasteiger partial charge in [-0.2, -0.15) is 0 Å². The molecule has 0 saturated carbocycles. The molecule has 1 amide bonds. The molecule has 4 heteroatoms. The van der Waals surface area contributed by atoms with E-state index in [1.807, 2.05) is 30.2 Å². The largest absolute Gasteiger partial charge is 0.338 e. The summed E-state index contributed by atoms with van der Waals surface area (Å²) in [7, 11) is 0. The lowest BCUT2D eigenvalue weighted by molar-refractivity contribution is -0.135. The summed E-state index contributed by atoms with van der Waals surface area (Å²) in [4.78, 5) is 18.4. The number of amides is 1. The van der Waals surface area contributed by atoms with Crippen LogP contribution in [0.15, 0.2) is 24.5 Å². The molecule has 106 valence electrons. The van der Waals surface area contributed by atoms with E-state index in [4.69, 9.17) is 5.73 Å². The van der Waals surface area contributed by atoms with Gasteiger partial charge in [-0.05, 0) is 31.0 Å². The van der Waals surface area contributed by atoms with E-state index >= 15 is 0 Å². The van der Waals surface area contributed by atoms with Gasteiger partial charge in [0.25, 0.3) is 0 Å². The predicted octanol–water partition coefficient (Wildman–Crippen LogP) is 2.20. The Balaban J connectivity index is 2.68. The molecule has 2 N–H and O–H groups in total. The van der Waals surface area contributed by atoms with Crippen molar-refractivity contribution in [2.24, 2.45) is 11.7 Å². The van der Waals surface area contributed by atoms with Crippen LogP contribution in [0.1, 0.15) is 38.7 Å². The van der Waals surface area contributed by atoms with Crippen LogP contribution in [0, 0.1) is 5.92 Å². The minimum absolute atomic E-state index is 0.0828. The van der Waals surface area contributed by atoms with E-state index in [1.54, 1.807) is 6.20 Å². The molecule has 1 aromatic rings. The van der Waals surface area contributed by atoms with Crippen LogP contribution in [-0.2, 0) is 11.3 Å². The number of hydrogen-bond donors (Lipinski definition) is 1. The van der Waals surface area contributed by atoms with Crippen LogP contribution < -0.4 is 5.73 Å². The molecule has 1 atom stereocenters. The van der Waals surface area contributed by atoms with E-state index in [0.29, 0.717) is 13.1 Å². The number of nitrogens with zero attached hydrogens (tertiary/aromatic N) is 2. The van der Waals surface area contributed by atoms with Crippen molar-refractivity contribution in [3.63, 3.8) is 0 Å². The van der Waals surface area contributed by atoms with Gasteiger partial charge in [0.1, 0.15) is 0 Å². The highest BCUT2D eigenvalue weighted by Crippen LogP contribution is 2.13. The van der Waals surface area contributed by atoms with Gasteiger partial charge in [-0.3, -0.25) is 9.78 Å². The van der Waals surface area contributed by atoms with Crippen molar-refractivity contribution >= 4 is 5.91 Å². The van der Waals surface area contributed by atoms with Gasteiger partial charge in [-0.1, -0.05) is 26.3 Å². The van der Waals surface area contributed by atoms with Gasteiger partial charge in [-0.15, -0.1) is 0 Å². The Kier molecular flexibility index (Phi) is 7.11. The normalized spacial score (nSPS) is 12.2. The number of nitrogens with two attached hydrogens (primary N) is 1. The van der Waals surface area contributed by atoms with Crippen LogP contribution in [0.25, 0.3) is 0 Å². The third kappa shape index (κ3) is 5.39. The Bertz CT molecular complexity index is 367. The number of pyridine rings is 1. The maximum atomic E-state index is 12.4. The Hall–Kier alpha value is -1.42. The molecule has 1 rings (SSSR count). The highest BCUT2D eigenvalue weighted by Gasteiger charge is 2.19. The van der Waals surface area contributed by atoms with Crippen LogP contribution in [0.4, 0.5) is 0 Å². The standard InChI is InChI=1S/C15H25N3O/c1-3-6-13(2)15(19)18(10-5-8-16)12-14-7-4-9-17-11-14/h4,7,9,11,13H,3,5-6,8,10,12,16H2,1-2H3. The fourth-order valence-electron chi connectivity index (χ4n) is 2.13. The molecule has 1 aromatic heterocycles. The van der Waals surface area contributed by atoms with Gasteiger partial charge in [0.15, 0.2) is 0 Å². The fourth-order valence-corrected chi connectivity index (χ4v) is 2.13. The summed E-state index contributed by atoms with van der Waals surface area (Å²) in [5.41, 5.74) is 6.62. The second-order valence-electron chi connectivity index (χ2n) is 4.95. The maximum Gasteiger partial charge on any atom is 0.225 e. The molecule has 19 heavy (non-hydrogen) atoms. The van der Waals surface area contributed by atoms with Crippen molar-refractivity contribution in [1.82, 2.24) is 9.88 Å². The molecule has 0 spiro atoms. The number of hydrogen-bond acceptors (Lipinski definition) is 3. The summed E-state index contributed by atoms with van der Waals surface area (Å²) in [5.74, 6) is 0.304. The zero-order chi connectivity index (χ0) is 14.1. The average molecular weight is 263 g/mol. The third-order valence-electron chi connectivity index (χ3n) is 3.18. The minimum atomic E-state index is 0.0828. The molecular weight excluding hydrogens is 238 g/mol. The zero-order valence-electron chi connectivity index (χ0n) is 12.0. The van der Waals surface area contributed by atoms with Crippen molar-refractivity contribution in [2.75, 3.05) is 13.1 Å². The van der Waals surface area contributed by atoms with Gasteiger partial charge in [0, 0.05) is 31.4 Å². The van der Waals surface area contributed by atoms with Crippen molar-refractivity contribution in [2.45, 2.75) is 39.7 Å². The molecule has 0 radical (unpaired) electrons. The highest BCUT2D eigenvalue weighted by molar-refractivity contribution is 5.78. The topological polar surface area (TPSA) is 59.2 Å². The van der Waals surface area contributed by atoms with Crippen molar-refractivity contribution in [1.29, 1.82) is 0 Å². The van der Waals surface area contributed by atoms with E-state index < -0.39 is 0 Å². The van der Waals surface area contributed by atoms with Crippen molar-refractivity contribution < 1.29 is 4.79 Å². The molecule has 0 fully saturated rings. The average Bonchev–Trinajstić information content (AvgIpc) is 2.44. The molecule has 0 saturated heterocycles. The Morgan fingerprint density at radius 2 is 2.32 bits per heavy atom. The van der Waals surface area contributed by atoms with Crippen molar-refractivity contribution in [3.05, 3.63) is 30.1 Å². The summed E-state index contributed by atoms with van der Waals surface area (Å²) in [6.07, 6.45) is 6.36. The molecule has 1 heterocycles. The molecule has 0 aliphatic heterocycles. The first-order valence-electron chi connectivity index (χ1n) is 7.06.